The number of hydrogen-bond acceptors (Lipinski definition) is 2. The van der Waals surface area contributed by atoms with E-state index in [0.29, 0.717) is 28.0 Å². The number of carbonyl (C=O) groups excluding carboxylic acids is 1. The number of nitrogens with zero attached hydrogens (tertiary/aromatic N) is 2. The smallest absolute Gasteiger partial charge is 0.258 e. The lowest BCUT2D eigenvalue weighted by molar-refractivity contribution is 0.102. The van der Waals surface area contributed by atoms with Gasteiger partial charge in [0.15, 0.2) is 0 Å². The minimum Gasteiger partial charge on any atom is -0.307 e. The Morgan fingerprint density at radius 1 is 1.08 bits per heavy atom. The molecule has 0 radical (unpaired) electrons. The van der Waals surface area contributed by atoms with Crippen LogP contribution >= 0.6 is 23.2 Å². The Labute approximate surface area is 156 Å². The quantitative estimate of drug-likeness (QED) is 0.679. The molecule has 1 aromatic heterocycles. The van der Waals surface area contributed by atoms with Crippen LogP contribution in [0.4, 0.5) is 5.82 Å². The number of anilines is 1. The van der Waals surface area contributed by atoms with Gasteiger partial charge >= 0.3 is 0 Å². The summed E-state index contributed by atoms with van der Waals surface area (Å²) in [6.07, 6.45) is 2.65. The number of hydrogen-bond donors (Lipinski definition) is 1. The van der Waals surface area contributed by atoms with Gasteiger partial charge in [-0.05, 0) is 35.7 Å². The van der Waals surface area contributed by atoms with E-state index >= 15 is 0 Å². The summed E-state index contributed by atoms with van der Waals surface area (Å²) in [5, 5.41) is 7.93. The molecular formula is C19H17Cl2N3O. The number of benzene rings is 2. The van der Waals surface area contributed by atoms with Gasteiger partial charge in [-0.3, -0.25) is 4.79 Å². The van der Waals surface area contributed by atoms with Crippen molar-refractivity contribution in [1.29, 1.82) is 0 Å². The summed E-state index contributed by atoms with van der Waals surface area (Å²) in [5.41, 5.74) is 2.72. The van der Waals surface area contributed by atoms with Gasteiger partial charge in [0, 0.05) is 11.1 Å². The minimum absolute atomic E-state index is 0.324. The second-order valence-corrected chi connectivity index (χ2v) is 6.47. The third kappa shape index (κ3) is 4.21. The number of halogens is 2. The van der Waals surface area contributed by atoms with E-state index in [-0.39, 0.29) is 5.91 Å². The molecule has 1 heterocycles. The van der Waals surface area contributed by atoms with Crippen LogP contribution < -0.4 is 5.32 Å². The van der Waals surface area contributed by atoms with Crippen LogP contribution in [-0.2, 0) is 13.0 Å². The van der Waals surface area contributed by atoms with Crippen molar-refractivity contribution in [2.24, 2.45) is 0 Å². The van der Waals surface area contributed by atoms with Gasteiger partial charge in [0.05, 0.1) is 23.3 Å². The van der Waals surface area contributed by atoms with E-state index in [4.69, 9.17) is 23.2 Å². The lowest BCUT2D eigenvalue weighted by atomic mass is 10.1. The zero-order valence-electron chi connectivity index (χ0n) is 13.7. The normalized spacial score (nSPS) is 10.7. The molecule has 2 aromatic carbocycles. The number of nitrogens with one attached hydrogen (secondary N) is 1. The molecule has 0 bridgehead atoms. The summed E-state index contributed by atoms with van der Waals surface area (Å²) in [7, 11) is 0. The highest BCUT2D eigenvalue weighted by Gasteiger charge is 2.13. The minimum atomic E-state index is -0.324. The molecule has 0 fully saturated rings. The van der Waals surface area contributed by atoms with Crippen LogP contribution in [0.3, 0.4) is 0 Å². The molecule has 25 heavy (non-hydrogen) atoms. The van der Waals surface area contributed by atoms with Crippen molar-refractivity contribution in [2.45, 2.75) is 19.9 Å². The third-order valence-electron chi connectivity index (χ3n) is 3.89. The van der Waals surface area contributed by atoms with Crippen LogP contribution in [0.1, 0.15) is 28.4 Å². The molecule has 0 saturated heterocycles. The average molecular weight is 374 g/mol. The van der Waals surface area contributed by atoms with E-state index in [0.717, 1.165) is 12.0 Å². The molecule has 0 aliphatic heterocycles. The predicted molar refractivity (Wildman–Crippen MR) is 102 cm³/mol. The summed E-state index contributed by atoms with van der Waals surface area (Å²) >= 11 is 12.0. The monoisotopic (exact) mass is 373 g/mol. The first kappa shape index (κ1) is 17.5. The van der Waals surface area contributed by atoms with Crippen molar-refractivity contribution >= 4 is 34.9 Å². The first-order valence-corrected chi connectivity index (χ1v) is 8.68. The van der Waals surface area contributed by atoms with Gasteiger partial charge in [0.2, 0.25) is 0 Å². The number of aryl methyl sites for hydroxylation is 1. The van der Waals surface area contributed by atoms with Gasteiger partial charge in [-0.25, -0.2) is 4.68 Å². The van der Waals surface area contributed by atoms with Crippen molar-refractivity contribution < 1.29 is 4.79 Å². The molecular weight excluding hydrogens is 357 g/mol. The highest BCUT2D eigenvalue weighted by Crippen LogP contribution is 2.22. The summed E-state index contributed by atoms with van der Waals surface area (Å²) in [5.74, 6) is 0.274. The van der Waals surface area contributed by atoms with Gasteiger partial charge in [0.1, 0.15) is 5.82 Å². The van der Waals surface area contributed by atoms with Crippen molar-refractivity contribution in [3.05, 3.63) is 81.5 Å². The molecule has 3 rings (SSSR count). The first-order valence-electron chi connectivity index (χ1n) is 7.93. The summed E-state index contributed by atoms with van der Waals surface area (Å²) in [4.78, 5) is 12.5. The Bertz CT molecular complexity index is 888. The van der Waals surface area contributed by atoms with Crippen molar-refractivity contribution in [1.82, 2.24) is 9.78 Å². The van der Waals surface area contributed by atoms with E-state index in [1.54, 1.807) is 35.1 Å². The molecule has 0 saturated carbocycles. The SMILES string of the molecule is CCc1ccc(Cn2nccc2NC(=O)c2cc(Cl)ccc2Cl)cc1. The fourth-order valence-electron chi connectivity index (χ4n) is 2.47. The van der Waals surface area contributed by atoms with Crippen LogP contribution in [0.2, 0.25) is 10.0 Å². The number of aromatic nitrogens is 2. The molecule has 0 spiro atoms. The van der Waals surface area contributed by atoms with Crippen molar-refractivity contribution in [2.75, 3.05) is 5.32 Å². The molecule has 0 atom stereocenters. The van der Waals surface area contributed by atoms with Gasteiger partial charge in [-0.15, -0.1) is 0 Å². The molecule has 128 valence electrons. The van der Waals surface area contributed by atoms with Gasteiger partial charge in [0.25, 0.3) is 5.91 Å². The highest BCUT2D eigenvalue weighted by atomic mass is 35.5. The largest absolute Gasteiger partial charge is 0.307 e. The summed E-state index contributed by atoms with van der Waals surface area (Å²) in [6, 6.07) is 14.9. The average Bonchev–Trinajstić information content (AvgIpc) is 3.04. The molecule has 3 aromatic rings. The fraction of sp³-hybridized carbons (Fsp3) is 0.158. The Morgan fingerprint density at radius 3 is 2.52 bits per heavy atom. The maximum Gasteiger partial charge on any atom is 0.258 e. The molecule has 0 unspecified atom stereocenters. The maximum atomic E-state index is 12.5. The Balaban J connectivity index is 1.77. The second kappa shape index (κ2) is 7.72. The topological polar surface area (TPSA) is 46.9 Å². The lowest BCUT2D eigenvalue weighted by Crippen LogP contribution is -2.16. The van der Waals surface area contributed by atoms with E-state index < -0.39 is 0 Å². The van der Waals surface area contributed by atoms with Crippen LogP contribution in [0.5, 0.6) is 0 Å². The van der Waals surface area contributed by atoms with Crippen LogP contribution in [-0.4, -0.2) is 15.7 Å². The third-order valence-corrected chi connectivity index (χ3v) is 4.46. The molecule has 0 aliphatic rings. The van der Waals surface area contributed by atoms with E-state index in [2.05, 4.69) is 41.6 Å². The van der Waals surface area contributed by atoms with Gasteiger partial charge in [-0.2, -0.15) is 5.10 Å². The van der Waals surface area contributed by atoms with E-state index in [9.17, 15) is 4.79 Å². The summed E-state index contributed by atoms with van der Waals surface area (Å²) in [6.45, 7) is 2.69. The zero-order valence-corrected chi connectivity index (χ0v) is 15.2. The fourth-order valence-corrected chi connectivity index (χ4v) is 2.85. The van der Waals surface area contributed by atoms with Crippen LogP contribution in [0, 0.1) is 0 Å². The van der Waals surface area contributed by atoms with Gasteiger partial charge < -0.3 is 5.32 Å². The van der Waals surface area contributed by atoms with Crippen molar-refractivity contribution in [3.63, 3.8) is 0 Å². The molecule has 1 amide bonds. The number of rotatable bonds is 5. The molecule has 0 aliphatic carbocycles. The number of amides is 1. The maximum absolute atomic E-state index is 12.5. The lowest BCUT2D eigenvalue weighted by Gasteiger charge is -2.10. The predicted octanol–water partition coefficient (Wildman–Crippen LogP) is 5.05. The van der Waals surface area contributed by atoms with Crippen molar-refractivity contribution in [3.8, 4) is 0 Å². The number of carbonyl (C=O) groups is 1. The molecule has 1 N–H and O–H groups in total. The highest BCUT2D eigenvalue weighted by molar-refractivity contribution is 6.36. The van der Waals surface area contributed by atoms with E-state index in [1.807, 2.05) is 0 Å². The van der Waals surface area contributed by atoms with Gasteiger partial charge in [-0.1, -0.05) is 54.4 Å². The molecule has 4 nitrogen and oxygen atoms in total. The summed E-state index contributed by atoms with van der Waals surface area (Å²) < 4.78 is 1.73. The van der Waals surface area contributed by atoms with Crippen LogP contribution in [0.25, 0.3) is 0 Å². The standard InChI is InChI=1S/C19H17Cl2N3O/c1-2-13-3-5-14(6-4-13)12-24-18(9-10-22-24)23-19(25)16-11-15(20)7-8-17(16)21/h3-11H,2,12H2,1H3,(H,23,25). The Kier molecular flexibility index (Phi) is 5.41. The van der Waals surface area contributed by atoms with E-state index in [1.165, 1.54) is 5.56 Å². The molecule has 6 heteroatoms. The Morgan fingerprint density at radius 2 is 1.80 bits per heavy atom. The zero-order chi connectivity index (χ0) is 17.8. The second-order valence-electron chi connectivity index (χ2n) is 5.62. The Hall–Kier alpha value is -2.30. The first-order chi connectivity index (χ1) is 12.1. The van der Waals surface area contributed by atoms with Crippen LogP contribution in [0.15, 0.2) is 54.7 Å².